The second-order valence-electron chi connectivity index (χ2n) is 7.20. The van der Waals surface area contributed by atoms with Gasteiger partial charge in [0.2, 0.25) is 0 Å². The molecule has 3 aromatic carbocycles. The summed E-state index contributed by atoms with van der Waals surface area (Å²) in [5.74, 6) is -0.321. The minimum atomic E-state index is -1.33. The van der Waals surface area contributed by atoms with Gasteiger partial charge < -0.3 is 15.2 Å². The molecule has 0 radical (unpaired) electrons. The molecule has 1 heterocycles. The smallest absolute Gasteiger partial charge is 0.126 e. The van der Waals surface area contributed by atoms with E-state index in [1.165, 1.54) is 6.07 Å². The van der Waals surface area contributed by atoms with Crippen molar-refractivity contribution < 1.29 is 14.2 Å². The first-order chi connectivity index (χ1) is 13.7. The van der Waals surface area contributed by atoms with Gasteiger partial charge in [-0.05, 0) is 34.4 Å². The first-order valence-corrected chi connectivity index (χ1v) is 9.61. The number of rotatable bonds is 5. The van der Waals surface area contributed by atoms with E-state index in [1.807, 2.05) is 66.7 Å². The molecule has 28 heavy (non-hydrogen) atoms. The molecule has 144 valence electrons. The van der Waals surface area contributed by atoms with Crippen molar-refractivity contribution in [2.24, 2.45) is 0 Å². The van der Waals surface area contributed by atoms with Crippen LogP contribution in [0, 0.1) is 5.82 Å². The third-order valence-electron chi connectivity index (χ3n) is 5.35. The number of morpholine rings is 1. The molecule has 0 bridgehead atoms. The van der Waals surface area contributed by atoms with Crippen molar-refractivity contribution in [3.05, 3.63) is 95.8 Å². The van der Waals surface area contributed by atoms with Crippen LogP contribution in [-0.2, 0) is 16.8 Å². The Bertz CT molecular complexity index is 910. The van der Waals surface area contributed by atoms with Crippen molar-refractivity contribution in [2.45, 2.75) is 18.1 Å². The van der Waals surface area contributed by atoms with Crippen LogP contribution in [0.15, 0.2) is 78.9 Å². The van der Waals surface area contributed by atoms with E-state index in [-0.39, 0.29) is 12.2 Å². The highest BCUT2D eigenvalue weighted by Gasteiger charge is 2.41. The Morgan fingerprint density at radius 1 is 0.964 bits per heavy atom. The van der Waals surface area contributed by atoms with Gasteiger partial charge in [0, 0.05) is 19.5 Å². The Labute approximate surface area is 164 Å². The third kappa shape index (κ3) is 3.85. The Morgan fingerprint density at radius 3 is 2.36 bits per heavy atom. The second-order valence-corrected chi connectivity index (χ2v) is 7.20. The molecule has 1 aliphatic rings. The van der Waals surface area contributed by atoms with Crippen LogP contribution in [0.3, 0.4) is 0 Å². The molecule has 0 saturated carbocycles. The summed E-state index contributed by atoms with van der Waals surface area (Å²) in [6.45, 7) is 1.79. The van der Waals surface area contributed by atoms with Crippen LogP contribution >= 0.6 is 0 Å². The van der Waals surface area contributed by atoms with Crippen molar-refractivity contribution in [1.82, 2.24) is 5.32 Å². The minimum Gasteiger partial charge on any atom is -0.382 e. The van der Waals surface area contributed by atoms with Gasteiger partial charge in [-0.25, -0.2) is 4.39 Å². The molecule has 3 nitrogen and oxygen atoms in total. The predicted octanol–water partition coefficient (Wildman–Crippen LogP) is 3.91. The average Bonchev–Trinajstić information content (AvgIpc) is 2.77. The Hall–Kier alpha value is -2.53. The van der Waals surface area contributed by atoms with E-state index in [0.717, 1.165) is 23.2 Å². The monoisotopic (exact) mass is 377 g/mol. The molecule has 1 aliphatic heterocycles. The molecule has 3 aromatic rings. The quantitative estimate of drug-likeness (QED) is 0.708. The fraction of sp³-hybridized carbons (Fsp3) is 0.250. The summed E-state index contributed by atoms with van der Waals surface area (Å²) in [6.07, 6.45) is -0.320. The van der Waals surface area contributed by atoms with Gasteiger partial charge in [-0.1, -0.05) is 66.7 Å². The van der Waals surface area contributed by atoms with E-state index >= 15 is 0 Å². The van der Waals surface area contributed by atoms with Crippen LogP contribution in [0.1, 0.15) is 11.1 Å². The van der Waals surface area contributed by atoms with Gasteiger partial charge in [-0.15, -0.1) is 0 Å². The maximum absolute atomic E-state index is 14.7. The Kier molecular flexibility index (Phi) is 5.53. The van der Waals surface area contributed by atoms with Gasteiger partial charge >= 0.3 is 0 Å². The first-order valence-electron chi connectivity index (χ1n) is 9.61. The normalized spacial score (nSPS) is 19.1. The van der Waals surface area contributed by atoms with E-state index in [9.17, 15) is 9.50 Å². The number of benzene rings is 3. The highest BCUT2D eigenvalue weighted by atomic mass is 19.1. The summed E-state index contributed by atoms with van der Waals surface area (Å²) in [5, 5.41) is 15.0. The van der Waals surface area contributed by atoms with Crippen molar-refractivity contribution in [1.29, 1.82) is 0 Å². The van der Waals surface area contributed by atoms with Crippen molar-refractivity contribution in [2.75, 3.05) is 19.7 Å². The summed E-state index contributed by atoms with van der Waals surface area (Å²) in [5.41, 5.74) is 1.82. The lowest BCUT2D eigenvalue weighted by molar-refractivity contribution is -0.124. The number of aliphatic hydroxyl groups is 1. The standard InChI is InChI=1S/C24H24FNO2/c25-22-12-11-19(18-7-3-1-4-8-18)15-20(22)16-24(27,21-9-5-2-6-10-21)23-17-26-13-14-28-23/h1-12,15,23,26-27H,13-14,16-17H2. The summed E-state index contributed by atoms with van der Waals surface area (Å²) in [7, 11) is 0. The number of nitrogens with one attached hydrogen (secondary N) is 1. The van der Waals surface area contributed by atoms with E-state index < -0.39 is 11.7 Å². The lowest BCUT2D eigenvalue weighted by Gasteiger charge is -2.39. The topological polar surface area (TPSA) is 41.5 Å². The Balaban J connectivity index is 1.73. The summed E-state index contributed by atoms with van der Waals surface area (Å²) >= 11 is 0. The van der Waals surface area contributed by atoms with Crippen molar-refractivity contribution in [3.63, 3.8) is 0 Å². The lowest BCUT2D eigenvalue weighted by Crippen LogP contribution is -2.52. The van der Waals surface area contributed by atoms with E-state index in [0.29, 0.717) is 18.7 Å². The number of halogens is 1. The predicted molar refractivity (Wildman–Crippen MR) is 108 cm³/mol. The molecule has 4 rings (SSSR count). The van der Waals surface area contributed by atoms with Crippen LogP contribution < -0.4 is 5.32 Å². The van der Waals surface area contributed by atoms with Gasteiger partial charge in [-0.3, -0.25) is 0 Å². The lowest BCUT2D eigenvalue weighted by atomic mass is 9.81. The molecule has 2 N–H and O–H groups in total. The van der Waals surface area contributed by atoms with Crippen LogP contribution in [0.4, 0.5) is 4.39 Å². The second kappa shape index (κ2) is 8.23. The molecule has 0 aromatic heterocycles. The summed E-state index contributed by atoms with van der Waals surface area (Å²) in [6, 6.07) is 24.3. The van der Waals surface area contributed by atoms with Crippen molar-refractivity contribution >= 4 is 0 Å². The number of ether oxygens (including phenoxy) is 1. The van der Waals surface area contributed by atoms with Gasteiger partial charge in [0.1, 0.15) is 17.5 Å². The molecule has 0 spiro atoms. The average molecular weight is 377 g/mol. The zero-order chi connectivity index (χ0) is 19.4. The molecule has 0 aliphatic carbocycles. The summed E-state index contributed by atoms with van der Waals surface area (Å²) in [4.78, 5) is 0. The van der Waals surface area contributed by atoms with E-state index in [1.54, 1.807) is 6.07 Å². The van der Waals surface area contributed by atoms with Gasteiger partial charge in [-0.2, -0.15) is 0 Å². The number of hydrogen-bond donors (Lipinski definition) is 2. The fourth-order valence-corrected chi connectivity index (χ4v) is 3.81. The van der Waals surface area contributed by atoms with Crippen LogP contribution in [0.25, 0.3) is 11.1 Å². The maximum atomic E-state index is 14.7. The molecule has 0 amide bonds. The molecular formula is C24H24FNO2. The third-order valence-corrected chi connectivity index (χ3v) is 5.35. The zero-order valence-electron chi connectivity index (χ0n) is 15.6. The Morgan fingerprint density at radius 2 is 1.68 bits per heavy atom. The highest BCUT2D eigenvalue weighted by molar-refractivity contribution is 5.64. The highest BCUT2D eigenvalue weighted by Crippen LogP contribution is 2.34. The number of hydrogen-bond acceptors (Lipinski definition) is 3. The van der Waals surface area contributed by atoms with Gasteiger partial charge in [0.25, 0.3) is 0 Å². The molecule has 2 unspecified atom stereocenters. The zero-order valence-corrected chi connectivity index (χ0v) is 15.6. The largest absolute Gasteiger partial charge is 0.382 e. The first kappa shape index (κ1) is 18.8. The molecular weight excluding hydrogens is 353 g/mol. The van der Waals surface area contributed by atoms with E-state index in [2.05, 4.69) is 5.32 Å². The molecule has 1 saturated heterocycles. The van der Waals surface area contributed by atoms with Crippen LogP contribution in [0.5, 0.6) is 0 Å². The molecule has 2 atom stereocenters. The molecule has 1 fully saturated rings. The molecule has 4 heteroatoms. The fourth-order valence-electron chi connectivity index (χ4n) is 3.81. The van der Waals surface area contributed by atoms with Crippen LogP contribution in [0.2, 0.25) is 0 Å². The SMILES string of the molecule is OC(Cc1cc(-c2ccccc2)ccc1F)(c1ccccc1)C1CNCCO1. The van der Waals surface area contributed by atoms with Crippen LogP contribution in [-0.4, -0.2) is 30.9 Å². The minimum absolute atomic E-state index is 0.135. The van der Waals surface area contributed by atoms with Gasteiger partial charge in [0.05, 0.1) is 6.61 Å². The van der Waals surface area contributed by atoms with Gasteiger partial charge in [0.15, 0.2) is 0 Å². The van der Waals surface area contributed by atoms with E-state index in [4.69, 9.17) is 4.74 Å². The summed E-state index contributed by atoms with van der Waals surface area (Å²) < 4.78 is 20.6. The van der Waals surface area contributed by atoms with Crippen molar-refractivity contribution in [3.8, 4) is 11.1 Å². The maximum Gasteiger partial charge on any atom is 0.126 e.